The van der Waals surface area contributed by atoms with Crippen LogP contribution in [0, 0.1) is 5.82 Å². The standard InChI is InChI=1S/C17H18FN3O2S/c1-2-5-11-8-16(23)21-12(10-24-17(21)19-11)9-15(22)20-14-7-4-3-6-13(14)18/h3-4,6-8,12H,2,5,9-10H2,1H3,(H,20,22). The molecule has 5 nitrogen and oxygen atoms in total. The van der Waals surface area contributed by atoms with Gasteiger partial charge in [-0.2, -0.15) is 0 Å². The number of anilines is 1. The zero-order valence-corrected chi connectivity index (χ0v) is 14.1. The summed E-state index contributed by atoms with van der Waals surface area (Å²) < 4.78 is 15.2. The van der Waals surface area contributed by atoms with Gasteiger partial charge in [0.15, 0.2) is 5.16 Å². The van der Waals surface area contributed by atoms with Gasteiger partial charge in [0.25, 0.3) is 5.56 Å². The summed E-state index contributed by atoms with van der Waals surface area (Å²) >= 11 is 1.48. The Labute approximate surface area is 143 Å². The maximum absolute atomic E-state index is 13.6. The first-order valence-electron chi connectivity index (χ1n) is 7.88. The molecule has 1 amide bonds. The van der Waals surface area contributed by atoms with Crippen molar-refractivity contribution >= 4 is 23.4 Å². The van der Waals surface area contributed by atoms with Gasteiger partial charge in [-0.3, -0.25) is 14.2 Å². The molecule has 126 valence electrons. The third kappa shape index (κ3) is 3.51. The maximum atomic E-state index is 13.6. The van der Waals surface area contributed by atoms with E-state index in [0.29, 0.717) is 10.9 Å². The Morgan fingerprint density at radius 2 is 2.25 bits per heavy atom. The van der Waals surface area contributed by atoms with Crippen molar-refractivity contribution in [3.8, 4) is 0 Å². The molecule has 1 aromatic heterocycles. The molecule has 1 aromatic carbocycles. The van der Waals surface area contributed by atoms with Crippen LogP contribution in [0.2, 0.25) is 0 Å². The first kappa shape index (κ1) is 16.7. The molecular weight excluding hydrogens is 329 g/mol. The van der Waals surface area contributed by atoms with Crippen LogP contribution in [-0.2, 0) is 11.2 Å². The fourth-order valence-corrected chi connectivity index (χ4v) is 3.88. The number of para-hydroxylation sites is 1. The topological polar surface area (TPSA) is 64.0 Å². The second-order valence-electron chi connectivity index (χ2n) is 5.69. The number of carbonyl (C=O) groups is 1. The predicted molar refractivity (Wildman–Crippen MR) is 91.9 cm³/mol. The third-order valence-corrected chi connectivity index (χ3v) is 4.92. The van der Waals surface area contributed by atoms with Gasteiger partial charge in [-0.15, -0.1) is 0 Å². The van der Waals surface area contributed by atoms with E-state index in [-0.39, 0.29) is 29.6 Å². The number of benzene rings is 1. The fourth-order valence-electron chi connectivity index (χ4n) is 2.71. The lowest BCUT2D eigenvalue weighted by molar-refractivity contribution is -0.116. The number of rotatable bonds is 5. The molecule has 0 fully saturated rings. The number of nitrogens with one attached hydrogen (secondary N) is 1. The number of amides is 1. The number of fused-ring (bicyclic) bond motifs is 1. The Morgan fingerprint density at radius 1 is 1.46 bits per heavy atom. The molecule has 24 heavy (non-hydrogen) atoms. The number of hydrogen-bond acceptors (Lipinski definition) is 4. The van der Waals surface area contributed by atoms with Crippen LogP contribution in [0.3, 0.4) is 0 Å². The summed E-state index contributed by atoms with van der Waals surface area (Å²) in [5.41, 5.74) is 0.812. The van der Waals surface area contributed by atoms with Gasteiger partial charge in [-0.1, -0.05) is 37.2 Å². The molecule has 1 N–H and O–H groups in total. The Morgan fingerprint density at radius 3 is 3.00 bits per heavy atom. The van der Waals surface area contributed by atoms with E-state index in [2.05, 4.69) is 10.3 Å². The fraction of sp³-hybridized carbons (Fsp3) is 0.353. The van der Waals surface area contributed by atoms with E-state index in [9.17, 15) is 14.0 Å². The molecule has 7 heteroatoms. The van der Waals surface area contributed by atoms with Crippen molar-refractivity contribution < 1.29 is 9.18 Å². The van der Waals surface area contributed by atoms with Crippen LogP contribution in [-0.4, -0.2) is 21.2 Å². The average Bonchev–Trinajstić information content (AvgIpc) is 2.93. The highest BCUT2D eigenvalue weighted by Crippen LogP contribution is 2.32. The molecule has 1 atom stereocenters. The van der Waals surface area contributed by atoms with Gasteiger partial charge in [-0.25, -0.2) is 9.37 Å². The minimum absolute atomic E-state index is 0.114. The normalized spacial score (nSPS) is 16.0. The zero-order valence-electron chi connectivity index (χ0n) is 13.3. The van der Waals surface area contributed by atoms with Crippen LogP contribution in [0.5, 0.6) is 0 Å². The Balaban J connectivity index is 1.74. The highest BCUT2D eigenvalue weighted by Gasteiger charge is 2.27. The van der Waals surface area contributed by atoms with E-state index in [4.69, 9.17) is 0 Å². The van der Waals surface area contributed by atoms with Crippen molar-refractivity contribution in [1.82, 2.24) is 9.55 Å². The summed E-state index contributed by atoms with van der Waals surface area (Å²) in [4.78, 5) is 29.0. The quantitative estimate of drug-likeness (QED) is 0.845. The van der Waals surface area contributed by atoms with E-state index in [1.54, 1.807) is 22.8 Å². The number of hydrogen-bond donors (Lipinski definition) is 1. The highest BCUT2D eigenvalue weighted by atomic mass is 32.2. The number of carbonyl (C=O) groups excluding carboxylic acids is 1. The number of aryl methyl sites for hydroxylation is 1. The molecule has 1 aliphatic rings. The Kier molecular flexibility index (Phi) is 4.99. The van der Waals surface area contributed by atoms with E-state index in [1.165, 1.54) is 23.9 Å². The van der Waals surface area contributed by atoms with Gasteiger partial charge in [0.2, 0.25) is 5.91 Å². The summed E-state index contributed by atoms with van der Waals surface area (Å²) in [6.07, 6.45) is 1.81. The molecule has 1 aliphatic heterocycles. The van der Waals surface area contributed by atoms with E-state index in [1.807, 2.05) is 6.92 Å². The van der Waals surface area contributed by atoms with Gasteiger partial charge in [0.1, 0.15) is 5.82 Å². The Bertz CT molecular complexity index is 822. The van der Waals surface area contributed by atoms with Gasteiger partial charge >= 0.3 is 0 Å². The molecule has 0 aliphatic carbocycles. The smallest absolute Gasteiger partial charge is 0.254 e. The van der Waals surface area contributed by atoms with Gasteiger partial charge in [-0.05, 0) is 18.6 Å². The van der Waals surface area contributed by atoms with Crippen LogP contribution in [0.15, 0.2) is 40.3 Å². The van der Waals surface area contributed by atoms with Crippen molar-refractivity contribution in [3.63, 3.8) is 0 Å². The summed E-state index contributed by atoms with van der Waals surface area (Å²) in [5, 5.41) is 3.22. The van der Waals surface area contributed by atoms with Crippen LogP contribution in [0.25, 0.3) is 0 Å². The molecule has 0 saturated heterocycles. The lowest BCUT2D eigenvalue weighted by Crippen LogP contribution is -2.28. The molecular formula is C17H18FN3O2S. The number of thioether (sulfide) groups is 1. The lowest BCUT2D eigenvalue weighted by Gasteiger charge is -2.14. The zero-order chi connectivity index (χ0) is 17.1. The molecule has 2 aromatic rings. The minimum atomic E-state index is -0.477. The monoisotopic (exact) mass is 347 g/mol. The Hall–Kier alpha value is -2.15. The first-order valence-corrected chi connectivity index (χ1v) is 8.86. The molecule has 2 heterocycles. The van der Waals surface area contributed by atoms with E-state index in [0.717, 1.165) is 18.5 Å². The summed E-state index contributed by atoms with van der Waals surface area (Å²) in [6, 6.07) is 7.31. The van der Waals surface area contributed by atoms with Crippen molar-refractivity contribution in [2.24, 2.45) is 0 Å². The van der Waals surface area contributed by atoms with Crippen molar-refractivity contribution in [3.05, 3.63) is 52.2 Å². The summed E-state index contributed by atoms with van der Waals surface area (Å²) in [6.45, 7) is 2.04. The third-order valence-electron chi connectivity index (χ3n) is 3.82. The van der Waals surface area contributed by atoms with Gasteiger partial charge in [0, 0.05) is 23.9 Å². The molecule has 0 bridgehead atoms. The molecule has 3 rings (SSSR count). The second kappa shape index (κ2) is 7.17. The summed E-state index contributed by atoms with van der Waals surface area (Å²) in [7, 11) is 0. The number of nitrogens with zero attached hydrogens (tertiary/aromatic N) is 2. The summed E-state index contributed by atoms with van der Waals surface area (Å²) in [5.74, 6) is -0.180. The van der Waals surface area contributed by atoms with E-state index < -0.39 is 5.82 Å². The number of aromatic nitrogens is 2. The minimum Gasteiger partial charge on any atom is -0.324 e. The molecule has 0 saturated carbocycles. The maximum Gasteiger partial charge on any atom is 0.254 e. The SMILES string of the molecule is CCCc1cc(=O)n2c(n1)SCC2CC(=O)Nc1ccccc1F. The van der Waals surface area contributed by atoms with Gasteiger partial charge in [0.05, 0.1) is 11.7 Å². The number of halogens is 1. The largest absolute Gasteiger partial charge is 0.324 e. The van der Waals surface area contributed by atoms with Crippen molar-refractivity contribution in [2.45, 2.75) is 37.4 Å². The predicted octanol–water partition coefficient (Wildman–Crippen LogP) is 3.01. The molecule has 0 radical (unpaired) electrons. The second-order valence-corrected chi connectivity index (χ2v) is 6.67. The van der Waals surface area contributed by atoms with E-state index >= 15 is 0 Å². The molecule has 1 unspecified atom stereocenters. The van der Waals surface area contributed by atoms with Crippen LogP contribution < -0.4 is 10.9 Å². The van der Waals surface area contributed by atoms with Crippen molar-refractivity contribution in [2.75, 3.05) is 11.1 Å². The van der Waals surface area contributed by atoms with Crippen LogP contribution >= 0.6 is 11.8 Å². The molecule has 0 spiro atoms. The highest BCUT2D eigenvalue weighted by molar-refractivity contribution is 7.99. The average molecular weight is 347 g/mol. The van der Waals surface area contributed by atoms with Gasteiger partial charge < -0.3 is 5.32 Å². The first-order chi connectivity index (χ1) is 11.6. The van der Waals surface area contributed by atoms with Crippen LogP contribution in [0.4, 0.5) is 10.1 Å². The lowest BCUT2D eigenvalue weighted by atomic mass is 10.2. The van der Waals surface area contributed by atoms with Crippen molar-refractivity contribution in [1.29, 1.82) is 0 Å². The van der Waals surface area contributed by atoms with Crippen LogP contribution in [0.1, 0.15) is 31.5 Å².